The Balaban J connectivity index is 2.55. The molecule has 0 aliphatic heterocycles. The number of rotatable bonds is 1. The molecule has 1 aromatic heterocycles. The van der Waals surface area contributed by atoms with Crippen molar-refractivity contribution in [3.63, 3.8) is 0 Å². The number of hydrogen-bond donors (Lipinski definition) is 0. The maximum Gasteiger partial charge on any atom is 0.280 e. The monoisotopic (exact) mass is 196 g/mol. The van der Waals surface area contributed by atoms with Crippen LogP contribution in [-0.4, -0.2) is 15.4 Å². The molecule has 0 atom stereocenters. The second kappa shape index (κ2) is 3.54. The lowest BCUT2D eigenvalue weighted by atomic mass is 9.94. The van der Waals surface area contributed by atoms with Crippen LogP contribution in [0.5, 0.6) is 0 Å². The number of hydrogen-bond acceptors (Lipinski definition) is 3. The van der Waals surface area contributed by atoms with Gasteiger partial charge in [-0.25, -0.2) is 0 Å². The SMILES string of the molecule is CSn1ncc2c(c1=O)CCCC2. The minimum absolute atomic E-state index is 0.0877. The van der Waals surface area contributed by atoms with Gasteiger partial charge in [-0.15, -0.1) is 0 Å². The fourth-order valence-corrected chi connectivity index (χ4v) is 2.15. The molecule has 0 spiro atoms. The first-order chi connectivity index (χ1) is 6.33. The summed E-state index contributed by atoms with van der Waals surface area (Å²) in [7, 11) is 0. The summed E-state index contributed by atoms with van der Waals surface area (Å²) in [5.41, 5.74) is 2.22. The second-order valence-corrected chi connectivity index (χ2v) is 3.93. The van der Waals surface area contributed by atoms with E-state index in [1.54, 1.807) is 0 Å². The zero-order chi connectivity index (χ0) is 9.26. The van der Waals surface area contributed by atoms with Crippen molar-refractivity contribution in [2.45, 2.75) is 25.7 Å². The molecule has 1 heterocycles. The first kappa shape index (κ1) is 8.81. The first-order valence-corrected chi connectivity index (χ1v) is 5.65. The number of aromatic nitrogens is 2. The predicted molar refractivity (Wildman–Crippen MR) is 54.1 cm³/mol. The maximum absolute atomic E-state index is 11.7. The summed E-state index contributed by atoms with van der Waals surface area (Å²) in [6.45, 7) is 0. The Morgan fingerprint density at radius 1 is 1.46 bits per heavy atom. The highest BCUT2D eigenvalue weighted by molar-refractivity contribution is 7.97. The van der Waals surface area contributed by atoms with Gasteiger partial charge < -0.3 is 0 Å². The minimum atomic E-state index is 0.0877. The molecular weight excluding hydrogens is 184 g/mol. The largest absolute Gasteiger partial charge is 0.280 e. The molecule has 13 heavy (non-hydrogen) atoms. The molecule has 0 radical (unpaired) electrons. The van der Waals surface area contributed by atoms with Crippen LogP contribution >= 0.6 is 11.9 Å². The molecule has 0 amide bonds. The van der Waals surface area contributed by atoms with Crippen LogP contribution in [0, 0.1) is 0 Å². The van der Waals surface area contributed by atoms with Gasteiger partial charge in [-0.05, 0) is 43.2 Å². The third-order valence-corrected chi connectivity index (χ3v) is 3.04. The second-order valence-electron chi connectivity index (χ2n) is 3.22. The summed E-state index contributed by atoms with van der Waals surface area (Å²) in [5, 5.41) is 4.08. The van der Waals surface area contributed by atoms with Crippen LogP contribution in [0.15, 0.2) is 11.0 Å². The molecule has 2 rings (SSSR count). The Morgan fingerprint density at radius 3 is 3.00 bits per heavy atom. The summed E-state index contributed by atoms with van der Waals surface area (Å²) in [6.07, 6.45) is 7.98. The van der Waals surface area contributed by atoms with E-state index >= 15 is 0 Å². The first-order valence-electron chi connectivity index (χ1n) is 4.47. The van der Waals surface area contributed by atoms with Crippen molar-refractivity contribution >= 4 is 11.9 Å². The van der Waals surface area contributed by atoms with Gasteiger partial charge in [0, 0.05) is 11.8 Å². The van der Waals surface area contributed by atoms with Crippen LogP contribution in [0.3, 0.4) is 0 Å². The van der Waals surface area contributed by atoms with Crippen molar-refractivity contribution in [2.24, 2.45) is 0 Å². The van der Waals surface area contributed by atoms with E-state index < -0.39 is 0 Å². The Labute approximate surface area is 81.3 Å². The molecule has 3 nitrogen and oxygen atoms in total. The maximum atomic E-state index is 11.7. The van der Waals surface area contributed by atoms with Crippen LogP contribution in [0.4, 0.5) is 0 Å². The third-order valence-electron chi connectivity index (χ3n) is 2.43. The summed E-state index contributed by atoms with van der Waals surface area (Å²) < 4.78 is 1.46. The third kappa shape index (κ3) is 1.50. The zero-order valence-electron chi connectivity index (χ0n) is 7.62. The highest BCUT2D eigenvalue weighted by Crippen LogP contribution is 2.16. The highest BCUT2D eigenvalue weighted by Gasteiger charge is 2.14. The van der Waals surface area contributed by atoms with Gasteiger partial charge in [0.15, 0.2) is 0 Å². The highest BCUT2D eigenvalue weighted by atomic mass is 32.2. The van der Waals surface area contributed by atoms with E-state index in [4.69, 9.17) is 0 Å². The van der Waals surface area contributed by atoms with Crippen molar-refractivity contribution in [3.05, 3.63) is 27.7 Å². The van der Waals surface area contributed by atoms with Gasteiger partial charge in [0.1, 0.15) is 0 Å². The van der Waals surface area contributed by atoms with Crippen molar-refractivity contribution in [2.75, 3.05) is 6.26 Å². The average Bonchev–Trinajstić information content (AvgIpc) is 2.19. The van der Waals surface area contributed by atoms with Crippen LogP contribution < -0.4 is 5.56 Å². The molecule has 1 aliphatic rings. The Bertz CT molecular complexity index is 372. The lowest BCUT2D eigenvalue weighted by molar-refractivity contribution is 0.662. The standard InChI is InChI=1S/C9H12N2OS/c1-13-11-9(12)8-5-3-2-4-7(8)6-10-11/h6H,2-5H2,1H3. The molecule has 0 N–H and O–H groups in total. The molecule has 0 saturated heterocycles. The van der Waals surface area contributed by atoms with Gasteiger partial charge in [-0.3, -0.25) is 4.79 Å². The van der Waals surface area contributed by atoms with Crippen LogP contribution in [0.1, 0.15) is 24.0 Å². The number of aryl methyl sites for hydroxylation is 1. The van der Waals surface area contributed by atoms with E-state index in [0.29, 0.717) is 0 Å². The average molecular weight is 196 g/mol. The van der Waals surface area contributed by atoms with E-state index in [0.717, 1.165) is 30.4 Å². The quantitative estimate of drug-likeness (QED) is 0.678. The smallest absolute Gasteiger partial charge is 0.267 e. The van der Waals surface area contributed by atoms with Gasteiger partial charge in [0.25, 0.3) is 5.56 Å². The molecule has 4 heteroatoms. The minimum Gasteiger partial charge on any atom is -0.267 e. The normalized spacial score (nSPS) is 15.5. The number of nitrogens with zero attached hydrogens (tertiary/aromatic N) is 2. The van der Waals surface area contributed by atoms with Gasteiger partial charge in [-0.1, -0.05) is 0 Å². The Hall–Kier alpha value is -0.770. The summed E-state index contributed by atoms with van der Waals surface area (Å²) >= 11 is 1.36. The molecule has 1 aromatic rings. The summed E-state index contributed by atoms with van der Waals surface area (Å²) in [6, 6.07) is 0. The van der Waals surface area contributed by atoms with Crippen LogP contribution in [0.2, 0.25) is 0 Å². The van der Waals surface area contributed by atoms with Crippen LogP contribution in [-0.2, 0) is 12.8 Å². The Morgan fingerprint density at radius 2 is 2.23 bits per heavy atom. The fourth-order valence-electron chi connectivity index (χ4n) is 1.74. The van der Waals surface area contributed by atoms with E-state index in [-0.39, 0.29) is 5.56 Å². The Kier molecular flexibility index (Phi) is 2.40. The van der Waals surface area contributed by atoms with E-state index in [2.05, 4.69) is 5.10 Å². The van der Waals surface area contributed by atoms with Crippen molar-refractivity contribution in [3.8, 4) is 0 Å². The van der Waals surface area contributed by atoms with Gasteiger partial charge in [0.2, 0.25) is 0 Å². The molecule has 0 fully saturated rings. The topological polar surface area (TPSA) is 34.9 Å². The predicted octanol–water partition coefficient (Wildman–Crippen LogP) is 1.25. The zero-order valence-corrected chi connectivity index (χ0v) is 8.43. The number of fused-ring (bicyclic) bond motifs is 1. The molecule has 0 bridgehead atoms. The van der Waals surface area contributed by atoms with Crippen LogP contribution in [0.25, 0.3) is 0 Å². The van der Waals surface area contributed by atoms with E-state index in [9.17, 15) is 4.79 Å². The fraction of sp³-hybridized carbons (Fsp3) is 0.556. The van der Waals surface area contributed by atoms with Gasteiger partial charge in [-0.2, -0.15) is 9.19 Å². The van der Waals surface area contributed by atoms with Crippen molar-refractivity contribution in [1.29, 1.82) is 0 Å². The molecule has 1 aliphatic carbocycles. The lowest BCUT2D eigenvalue weighted by Crippen LogP contribution is -2.25. The lowest BCUT2D eigenvalue weighted by Gasteiger charge is -2.14. The molecule has 0 saturated carbocycles. The molecule has 70 valence electrons. The van der Waals surface area contributed by atoms with Gasteiger partial charge >= 0.3 is 0 Å². The molecule has 0 unspecified atom stereocenters. The van der Waals surface area contributed by atoms with Gasteiger partial charge in [0.05, 0.1) is 6.20 Å². The van der Waals surface area contributed by atoms with E-state index in [1.807, 2.05) is 12.5 Å². The summed E-state index contributed by atoms with van der Waals surface area (Å²) in [5.74, 6) is 0. The summed E-state index contributed by atoms with van der Waals surface area (Å²) in [4.78, 5) is 11.7. The molecule has 0 aromatic carbocycles. The van der Waals surface area contributed by atoms with Crippen molar-refractivity contribution < 1.29 is 0 Å². The van der Waals surface area contributed by atoms with E-state index in [1.165, 1.54) is 22.5 Å². The molecular formula is C9H12N2OS. The van der Waals surface area contributed by atoms with Crippen molar-refractivity contribution in [1.82, 2.24) is 9.19 Å².